The van der Waals surface area contributed by atoms with Crippen molar-refractivity contribution < 1.29 is 24.2 Å². The van der Waals surface area contributed by atoms with Crippen LogP contribution in [-0.4, -0.2) is 23.0 Å². The molecule has 0 bridgehead atoms. The molecule has 0 spiro atoms. The van der Waals surface area contributed by atoms with Gasteiger partial charge in [-0.1, -0.05) is 6.58 Å². The number of carbonyl (C=O) groups is 3. The zero-order chi connectivity index (χ0) is 10.3. The van der Waals surface area contributed by atoms with E-state index in [2.05, 4.69) is 11.3 Å². The van der Waals surface area contributed by atoms with E-state index >= 15 is 0 Å². The second-order valence-corrected chi connectivity index (χ2v) is 2.24. The maximum atomic E-state index is 10.7. The van der Waals surface area contributed by atoms with Gasteiger partial charge in [0.25, 0.3) is 0 Å². The lowest BCUT2D eigenvalue weighted by Gasteiger charge is -1.97. The SMILES string of the molecule is C=CC(=O)OC(=O)CCCC(=O)O.N.N. The molecular formula is C8H16N2O5. The zero-order valence-electron chi connectivity index (χ0n) is 8.40. The first-order valence-electron chi connectivity index (χ1n) is 3.65. The van der Waals surface area contributed by atoms with Gasteiger partial charge in [-0.15, -0.1) is 0 Å². The van der Waals surface area contributed by atoms with E-state index in [1.165, 1.54) is 0 Å². The van der Waals surface area contributed by atoms with E-state index in [1.54, 1.807) is 0 Å². The van der Waals surface area contributed by atoms with Crippen molar-refractivity contribution in [1.82, 2.24) is 12.3 Å². The largest absolute Gasteiger partial charge is 0.481 e. The summed E-state index contributed by atoms with van der Waals surface area (Å²) >= 11 is 0. The van der Waals surface area contributed by atoms with E-state index in [9.17, 15) is 14.4 Å². The van der Waals surface area contributed by atoms with Crippen molar-refractivity contribution in [3.8, 4) is 0 Å². The van der Waals surface area contributed by atoms with Crippen LogP contribution in [0.25, 0.3) is 0 Å². The molecule has 88 valence electrons. The number of ether oxygens (including phenoxy) is 1. The number of carbonyl (C=O) groups excluding carboxylic acids is 2. The smallest absolute Gasteiger partial charge is 0.337 e. The van der Waals surface area contributed by atoms with Gasteiger partial charge in [-0.25, -0.2) is 4.79 Å². The summed E-state index contributed by atoms with van der Waals surface area (Å²) in [4.78, 5) is 31.2. The lowest BCUT2D eigenvalue weighted by molar-refractivity contribution is -0.156. The monoisotopic (exact) mass is 220 g/mol. The van der Waals surface area contributed by atoms with Crippen molar-refractivity contribution >= 4 is 17.9 Å². The van der Waals surface area contributed by atoms with Crippen LogP contribution in [0.1, 0.15) is 19.3 Å². The molecule has 7 heteroatoms. The summed E-state index contributed by atoms with van der Waals surface area (Å²) in [6.45, 7) is 3.10. The van der Waals surface area contributed by atoms with E-state index in [0.717, 1.165) is 6.08 Å². The van der Waals surface area contributed by atoms with Crippen LogP contribution < -0.4 is 12.3 Å². The minimum atomic E-state index is -0.983. The molecule has 15 heavy (non-hydrogen) atoms. The van der Waals surface area contributed by atoms with Crippen LogP contribution in [0.5, 0.6) is 0 Å². The molecule has 0 saturated carbocycles. The van der Waals surface area contributed by atoms with E-state index in [-0.39, 0.29) is 31.6 Å². The van der Waals surface area contributed by atoms with Crippen LogP contribution in [0.15, 0.2) is 12.7 Å². The summed E-state index contributed by atoms with van der Waals surface area (Å²) in [6, 6.07) is 0. The van der Waals surface area contributed by atoms with Gasteiger partial charge in [-0.3, -0.25) is 9.59 Å². The maximum Gasteiger partial charge on any atom is 0.337 e. The van der Waals surface area contributed by atoms with Gasteiger partial charge < -0.3 is 22.1 Å². The van der Waals surface area contributed by atoms with Crippen molar-refractivity contribution in [3.05, 3.63) is 12.7 Å². The highest BCUT2D eigenvalue weighted by molar-refractivity contribution is 5.91. The van der Waals surface area contributed by atoms with Crippen LogP contribution in [0.2, 0.25) is 0 Å². The molecule has 7 N–H and O–H groups in total. The standard InChI is InChI=1S/C8H10O5.2H3N/c1-2-7(11)13-8(12)5-3-4-6(9)10;;/h2H,1,3-5H2,(H,9,10);2*1H3. The average molecular weight is 220 g/mol. The van der Waals surface area contributed by atoms with Crippen LogP contribution in [0, 0.1) is 0 Å². The molecule has 0 amide bonds. The Balaban J connectivity index is -0.000000720. The molecule has 0 aliphatic carbocycles. The Bertz CT molecular complexity index is 239. The summed E-state index contributed by atoms with van der Waals surface area (Å²) in [6.07, 6.45) is 0.844. The number of hydrogen-bond acceptors (Lipinski definition) is 6. The van der Waals surface area contributed by atoms with Gasteiger partial charge in [0.1, 0.15) is 0 Å². The van der Waals surface area contributed by atoms with Crippen molar-refractivity contribution in [2.75, 3.05) is 0 Å². The third kappa shape index (κ3) is 12.3. The molecule has 0 radical (unpaired) electrons. The Labute approximate surface area is 87.3 Å². The first kappa shape index (κ1) is 18.9. The topological polar surface area (TPSA) is 151 Å². The summed E-state index contributed by atoms with van der Waals surface area (Å²) in [5, 5.41) is 8.22. The number of rotatable bonds is 5. The lowest BCUT2D eigenvalue weighted by atomic mass is 10.2. The highest BCUT2D eigenvalue weighted by Crippen LogP contribution is 1.97. The van der Waals surface area contributed by atoms with E-state index < -0.39 is 17.9 Å². The third-order valence-electron chi connectivity index (χ3n) is 1.15. The van der Waals surface area contributed by atoms with Gasteiger partial charge in [0.2, 0.25) is 0 Å². The number of hydrogen-bond donors (Lipinski definition) is 3. The fourth-order valence-electron chi connectivity index (χ4n) is 0.589. The van der Waals surface area contributed by atoms with Gasteiger partial charge in [-0.2, -0.15) is 0 Å². The molecule has 0 aliphatic rings. The summed E-state index contributed by atoms with van der Waals surface area (Å²) < 4.78 is 4.19. The number of carboxylic acids is 1. The molecule has 0 unspecified atom stereocenters. The Morgan fingerprint density at radius 2 is 1.73 bits per heavy atom. The van der Waals surface area contributed by atoms with E-state index in [1.807, 2.05) is 0 Å². The molecule has 7 nitrogen and oxygen atoms in total. The van der Waals surface area contributed by atoms with Crippen molar-refractivity contribution in [3.63, 3.8) is 0 Å². The maximum absolute atomic E-state index is 10.7. The number of esters is 2. The van der Waals surface area contributed by atoms with Crippen molar-refractivity contribution in [2.45, 2.75) is 19.3 Å². The Kier molecular flexibility index (Phi) is 13.1. The molecule has 0 saturated heterocycles. The summed E-state index contributed by atoms with van der Waals surface area (Å²) in [5.74, 6) is -2.53. The molecule has 0 aromatic heterocycles. The Morgan fingerprint density at radius 1 is 1.20 bits per heavy atom. The average Bonchev–Trinajstić information content (AvgIpc) is 2.03. The lowest BCUT2D eigenvalue weighted by Crippen LogP contribution is -2.10. The Morgan fingerprint density at radius 3 is 2.13 bits per heavy atom. The van der Waals surface area contributed by atoms with Crippen LogP contribution in [0.3, 0.4) is 0 Å². The van der Waals surface area contributed by atoms with Gasteiger partial charge in [-0.05, 0) is 6.42 Å². The molecular weight excluding hydrogens is 204 g/mol. The molecule has 0 rings (SSSR count). The van der Waals surface area contributed by atoms with Gasteiger partial charge >= 0.3 is 17.9 Å². The molecule has 0 atom stereocenters. The number of carboxylic acid groups (broad SMARTS) is 1. The first-order chi connectivity index (χ1) is 6.06. The van der Waals surface area contributed by atoms with Gasteiger partial charge in [0.15, 0.2) is 0 Å². The fraction of sp³-hybridized carbons (Fsp3) is 0.375. The van der Waals surface area contributed by atoms with Crippen molar-refractivity contribution in [2.24, 2.45) is 0 Å². The molecule has 0 heterocycles. The molecule has 0 fully saturated rings. The van der Waals surface area contributed by atoms with Gasteiger partial charge in [0.05, 0.1) is 0 Å². The molecule has 0 aromatic rings. The molecule has 0 aliphatic heterocycles. The highest BCUT2D eigenvalue weighted by atomic mass is 16.6. The number of aliphatic carboxylic acids is 1. The predicted molar refractivity (Wildman–Crippen MR) is 52.8 cm³/mol. The van der Waals surface area contributed by atoms with Crippen LogP contribution in [0.4, 0.5) is 0 Å². The van der Waals surface area contributed by atoms with E-state index in [4.69, 9.17) is 5.11 Å². The van der Waals surface area contributed by atoms with Gasteiger partial charge in [0, 0.05) is 18.9 Å². The zero-order valence-corrected chi connectivity index (χ0v) is 8.40. The van der Waals surface area contributed by atoms with Crippen LogP contribution >= 0.6 is 0 Å². The normalized spacial score (nSPS) is 7.73. The third-order valence-corrected chi connectivity index (χ3v) is 1.15. The summed E-state index contributed by atoms with van der Waals surface area (Å²) in [5.41, 5.74) is 0. The Hall–Kier alpha value is -1.73. The predicted octanol–water partition coefficient (Wildman–Crippen LogP) is 0.821. The highest BCUT2D eigenvalue weighted by Gasteiger charge is 2.07. The fourth-order valence-corrected chi connectivity index (χ4v) is 0.589. The molecule has 0 aromatic carbocycles. The minimum absolute atomic E-state index is 0. The first-order valence-corrected chi connectivity index (χ1v) is 3.65. The quantitative estimate of drug-likeness (QED) is 0.352. The minimum Gasteiger partial charge on any atom is -0.481 e. The van der Waals surface area contributed by atoms with Crippen molar-refractivity contribution in [1.29, 1.82) is 0 Å². The van der Waals surface area contributed by atoms with Crippen LogP contribution in [-0.2, 0) is 19.1 Å². The second-order valence-electron chi connectivity index (χ2n) is 2.24. The second kappa shape index (κ2) is 10.4. The van der Waals surface area contributed by atoms with E-state index in [0.29, 0.717) is 0 Å². The summed E-state index contributed by atoms with van der Waals surface area (Å²) in [7, 11) is 0.